The summed E-state index contributed by atoms with van der Waals surface area (Å²) in [6.45, 7) is 0.318. The van der Waals surface area contributed by atoms with E-state index in [1.54, 1.807) is 24.9 Å². The van der Waals surface area contributed by atoms with Gasteiger partial charge in [-0.1, -0.05) is 25.0 Å². The molecule has 3 heterocycles. The van der Waals surface area contributed by atoms with Crippen LogP contribution in [0.3, 0.4) is 0 Å². The van der Waals surface area contributed by atoms with Crippen LogP contribution in [-0.2, 0) is 11.4 Å². The Morgan fingerprint density at radius 3 is 2.82 bits per heavy atom. The molecule has 0 radical (unpaired) electrons. The second-order valence-corrected chi connectivity index (χ2v) is 10.4. The molecule has 38 heavy (non-hydrogen) atoms. The molecule has 0 saturated heterocycles. The topological polar surface area (TPSA) is 100 Å². The summed E-state index contributed by atoms with van der Waals surface area (Å²) in [5.74, 6) is 2.43. The number of ether oxygens (including phenoxy) is 3. The Kier molecular flexibility index (Phi) is 6.63. The number of rotatable bonds is 9. The Morgan fingerprint density at radius 1 is 1.16 bits per heavy atom. The third-order valence-corrected chi connectivity index (χ3v) is 7.70. The summed E-state index contributed by atoms with van der Waals surface area (Å²) in [5, 5.41) is 8.72. The number of imidazole rings is 1. The quantitative estimate of drug-likeness (QED) is 0.237. The Bertz CT molecular complexity index is 1570. The number of benzene rings is 2. The Morgan fingerprint density at radius 2 is 2.03 bits per heavy atom. The molecule has 2 aromatic carbocycles. The van der Waals surface area contributed by atoms with E-state index in [2.05, 4.69) is 15.4 Å². The first-order valence-corrected chi connectivity index (χ1v) is 13.4. The predicted octanol–water partition coefficient (Wildman–Crippen LogP) is 6.32. The number of carbonyl (C=O) groups is 1. The summed E-state index contributed by atoms with van der Waals surface area (Å²) in [7, 11) is 3.19. The number of amides is 1. The van der Waals surface area contributed by atoms with E-state index in [-0.39, 0.29) is 5.91 Å². The molecule has 0 bridgehead atoms. The average molecular weight is 533 g/mol. The lowest BCUT2D eigenvalue weighted by Gasteiger charge is -2.12. The van der Waals surface area contributed by atoms with Crippen LogP contribution >= 0.6 is 11.3 Å². The summed E-state index contributed by atoms with van der Waals surface area (Å²) >= 11 is 1.35. The summed E-state index contributed by atoms with van der Waals surface area (Å²) in [5.41, 5.74) is 3.01. The van der Waals surface area contributed by atoms with Crippen LogP contribution in [0.4, 0.5) is 5.69 Å². The predicted molar refractivity (Wildman–Crippen MR) is 145 cm³/mol. The van der Waals surface area contributed by atoms with Crippen LogP contribution in [0.1, 0.15) is 37.7 Å². The second kappa shape index (κ2) is 10.4. The lowest BCUT2D eigenvalue weighted by atomic mass is 10.0. The third kappa shape index (κ3) is 5.04. The van der Waals surface area contributed by atoms with E-state index in [4.69, 9.17) is 18.6 Å². The smallest absolute Gasteiger partial charge is 0.294 e. The molecule has 3 aromatic heterocycles. The van der Waals surface area contributed by atoms with E-state index in [0.29, 0.717) is 57.6 Å². The molecule has 0 aliphatic heterocycles. The highest BCUT2D eigenvalue weighted by molar-refractivity contribution is 7.18. The number of methoxy groups -OCH3 is 2. The molecule has 1 saturated carbocycles. The maximum atomic E-state index is 12.5. The molecule has 1 amide bonds. The number of nitrogens with one attached hydrogen (secondary N) is 1. The van der Waals surface area contributed by atoms with E-state index in [0.717, 1.165) is 29.5 Å². The van der Waals surface area contributed by atoms with Crippen molar-refractivity contribution in [2.75, 3.05) is 19.5 Å². The zero-order valence-electron chi connectivity index (χ0n) is 21.2. The largest absolute Gasteiger partial charge is 0.496 e. The van der Waals surface area contributed by atoms with Crippen molar-refractivity contribution in [3.8, 4) is 28.1 Å². The van der Waals surface area contributed by atoms with Crippen molar-refractivity contribution in [1.29, 1.82) is 0 Å². The lowest BCUT2D eigenvalue weighted by Crippen LogP contribution is -2.15. The highest BCUT2D eigenvalue weighted by Crippen LogP contribution is 2.37. The fourth-order valence-corrected chi connectivity index (χ4v) is 5.62. The molecular formula is C28H28N4O5S. The number of fused-ring (bicyclic) bond motifs is 2. The zero-order chi connectivity index (χ0) is 26.1. The standard InChI is InChI=1S/C28H28N4O5S/c1-34-20-12-23(36-16-18-8-5-9-19(10-18)29-26(33)11-17-6-3-4-7-17)21-14-25(37-24(21)13-20)22-15-32-27(30-22)38-28(31-32)35-2/h5,8-10,12-15,17H,3-4,6-7,11,16H2,1-2H3,(H,29,33). The van der Waals surface area contributed by atoms with Crippen LogP contribution in [0.2, 0.25) is 0 Å². The molecule has 9 nitrogen and oxygen atoms in total. The third-order valence-electron chi connectivity index (χ3n) is 6.81. The van der Waals surface area contributed by atoms with Crippen molar-refractivity contribution >= 4 is 38.9 Å². The van der Waals surface area contributed by atoms with Gasteiger partial charge in [0.25, 0.3) is 5.19 Å². The second-order valence-electron chi connectivity index (χ2n) is 9.47. The van der Waals surface area contributed by atoms with Gasteiger partial charge in [0, 0.05) is 24.2 Å². The molecule has 10 heteroatoms. The van der Waals surface area contributed by atoms with Gasteiger partial charge in [-0.15, -0.1) is 5.10 Å². The number of furan rings is 1. The van der Waals surface area contributed by atoms with E-state index < -0.39 is 0 Å². The number of carbonyl (C=O) groups excluding carboxylic acids is 1. The van der Waals surface area contributed by atoms with Gasteiger partial charge >= 0.3 is 0 Å². The lowest BCUT2D eigenvalue weighted by molar-refractivity contribution is -0.117. The first kappa shape index (κ1) is 24.3. The molecule has 0 unspecified atom stereocenters. The summed E-state index contributed by atoms with van der Waals surface area (Å²) in [6, 6.07) is 13.3. The van der Waals surface area contributed by atoms with E-state index in [9.17, 15) is 4.79 Å². The van der Waals surface area contributed by atoms with Crippen LogP contribution in [0.15, 0.2) is 53.1 Å². The number of aromatic nitrogens is 3. The van der Waals surface area contributed by atoms with Crippen LogP contribution in [-0.4, -0.2) is 34.7 Å². The normalized spacial score (nSPS) is 13.8. The molecular weight excluding hydrogens is 504 g/mol. The molecule has 5 aromatic rings. The van der Waals surface area contributed by atoms with Crippen LogP contribution in [0.25, 0.3) is 27.4 Å². The molecule has 0 spiro atoms. The average Bonchev–Trinajstić information content (AvgIpc) is 3.70. The minimum atomic E-state index is 0.0724. The fraction of sp³-hybridized carbons (Fsp3) is 0.321. The van der Waals surface area contributed by atoms with Gasteiger partial charge in [-0.2, -0.15) is 0 Å². The zero-order valence-corrected chi connectivity index (χ0v) is 22.0. The molecule has 6 rings (SSSR count). The SMILES string of the molecule is COc1cc(OCc2cccc(NC(=O)CC3CCCC3)c2)c2cc(-c3cn4nc(OC)sc4n3)oc2c1. The van der Waals surface area contributed by atoms with Crippen LogP contribution in [0, 0.1) is 5.92 Å². The molecule has 196 valence electrons. The highest BCUT2D eigenvalue weighted by Gasteiger charge is 2.19. The summed E-state index contributed by atoms with van der Waals surface area (Å²) < 4.78 is 24.7. The van der Waals surface area contributed by atoms with Gasteiger partial charge in [-0.25, -0.2) is 9.50 Å². The van der Waals surface area contributed by atoms with Crippen LogP contribution < -0.4 is 19.5 Å². The van der Waals surface area contributed by atoms with E-state index in [1.165, 1.54) is 24.2 Å². The van der Waals surface area contributed by atoms with Crippen molar-refractivity contribution in [3.63, 3.8) is 0 Å². The maximum Gasteiger partial charge on any atom is 0.294 e. The first-order chi connectivity index (χ1) is 18.6. The Hall–Kier alpha value is -4.05. The number of hydrogen-bond acceptors (Lipinski definition) is 8. The number of anilines is 1. The van der Waals surface area contributed by atoms with Crippen molar-refractivity contribution in [3.05, 3.63) is 54.2 Å². The fourth-order valence-electron chi connectivity index (χ4n) is 4.92. The molecule has 1 aliphatic rings. The monoisotopic (exact) mass is 532 g/mol. The van der Waals surface area contributed by atoms with Gasteiger partial charge in [-0.3, -0.25) is 4.79 Å². The first-order valence-electron chi connectivity index (χ1n) is 12.6. The molecule has 0 atom stereocenters. The summed E-state index contributed by atoms with van der Waals surface area (Å²) in [4.78, 5) is 17.8. The van der Waals surface area contributed by atoms with Gasteiger partial charge in [0.05, 0.1) is 25.8 Å². The molecule has 1 aliphatic carbocycles. The Balaban J connectivity index is 1.20. The van der Waals surface area contributed by atoms with Gasteiger partial charge in [-0.05, 0) is 53.9 Å². The summed E-state index contributed by atoms with van der Waals surface area (Å²) in [6.07, 6.45) is 7.15. The van der Waals surface area contributed by atoms with Crippen LogP contribution in [0.5, 0.6) is 16.7 Å². The molecule has 1 fully saturated rings. The van der Waals surface area contributed by atoms with Crippen molar-refractivity contribution in [1.82, 2.24) is 14.6 Å². The minimum Gasteiger partial charge on any atom is -0.496 e. The highest BCUT2D eigenvalue weighted by atomic mass is 32.1. The number of hydrogen-bond donors (Lipinski definition) is 1. The van der Waals surface area contributed by atoms with Crippen molar-refractivity contribution in [2.24, 2.45) is 5.92 Å². The van der Waals surface area contributed by atoms with Crippen molar-refractivity contribution in [2.45, 2.75) is 38.7 Å². The maximum absolute atomic E-state index is 12.5. The van der Waals surface area contributed by atoms with E-state index >= 15 is 0 Å². The minimum absolute atomic E-state index is 0.0724. The van der Waals surface area contributed by atoms with Gasteiger partial charge in [0.1, 0.15) is 29.4 Å². The van der Waals surface area contributed by atoms with Crippen molar-refractivity contribution < 1.29 is 23.4 Å². The van der Waals surface area contributed by atoms with Gasteiger partial charge in [0.15, 0.2) is 5.76 Å². The van der Waals surface area contributed by atoms with Gasteiger partial charge < -0.3 is 23.9 Å². The number of nitrogens with zero attached hydrogens (tertiary/aromatic N) is 3. The Labute approximate surface area is 223 Å². The molecule has 1 N–H and O–H groups in total. The van der Waals surface area contributed by atoms with E-state index in [1.807, 2.05) is 42.5 Å². The van der Waals surface area contributed by atoms with Gasteiger partial charge in [0.2, 0.25) is 10.9 Å².